The number of hydrogen-bond acceptors (Lipinski definition) is 2. The quantitative estimate of drug-likeness (QED) is 0.425. The van der Waals surface area contributed by atoms with Gasteiger partial charge in [-0.1, -0.05) is 42.5 Å². The third kappa shape index (κ3) is 3.35. The third-order valence-electron chi connectivity index (χ3n) is 3.25. The van der Waals surface area contributed by atoms with Gasteiger partial charge >= 0.3 is 3.93 Å². The van der Waals surface area contributed by atoms with Crippen LogP contribution in [-0.4, -0.2) is 8.91 Å². The van der Waals surface area contributed by atoms with E-state index < -0.39 is 10.0 Å². The minimum Gasteiger partial charge on any atom is -0.462 e. The fraction of sp³-hybridized carbons (Fsp3) is 0.118. The predicted molar refractivity (Wildman–Crippen MR) is 90.5 cm³/mol. The summed E-state index contributed by atoms with van der Waals surface area (Å²) < 4.78 is 30.4. The van der Waals surface area contributed by atoms with Gasteiger partial charge in [0.05, 0.1) is 0 Å². The molecule has 112 valence electrons. The standard InChI is InChI=1S/C17H12F2INO/c18-17(19,20)16(22-15-7-3-4-10-21-15)14-9-8-12-5-1-2-6-13(12)11-14/h1-11,16H/t16-/m1/s1. The minimum atomic E-state index is -3.06. The average molecular weight is 411 g/mol. The first kappa shape index (κ1) is 15.1. The average Bonchev–Trinajstić information content (AvgIpc) is 2.52. The molecule has 3 rings (SSSR count). The van der Waals surface area contributed by atoms with E-state index in [1.54, 1.807) is 30.3 Å². The van der Waals surface area contributed by atoms with Gasteiger partial charge in [-0.2, -0.15) is 8.78 Å². The molecule has 1 heterocycles. The Hall–Kier alpha value is -1.76. The van der Waals surface area contributed by atoms with Crippen molar-refractivity contribution in [2.45, 2.75) is 10.0 Å². The van der Waals surface area contributed by atoms with Gasteiger partial charge in [0.25, 0.3) is 0 Å². The number of benzene rings is 2. The molecule has 0 fully saturated rings. The zero-order valence-corrected chi connectivity index (χ0v) is 13.6. The van der Waals surface area contributed by atoms with Crippen molar-refractivity contribution in [3.8, 4) is 5.88 Å². The Morgan fingerprint density at radius 3 is 2.36 bits per heavy atom. The smallest absolute Gasteiger partial charge is 0.336 e. The first-order valence-corrected chi connectivity index (χ1v) is 7.75. The lowest BCUT2D eigenvalue weighted by molar-refractivity contribution is -0.00720. The summed E-state index contributed by atoms with van der Waals surface area (Å²) in [6.45, 7) is 0. The van der Waals surface area contributed by atoms with Crippen LogP contribution >= 0.6 is 22.6 Å². The predicted octanol–water partition coefficient (Wildman–Crippen LogP) is 5.38. The molecule has 0 amide bonds. The molecule has 0 aliphatic carbocycles. The van der Waals surface area contributed by atoms with Crippen LogP contribution < -0.4 is 4.74 Å². The Morgan fingerprint density at radius 1 is 0.955 bits per heavy atom. The van der Waals surface area contributed by atoms with Crippen molar-refractivity contribution in [1.29, 1.82) is 0 Å². The lowest BCUT2D eigenvalue weighted by Gasteiger charge is -2.23. The molecule has 0 spiro atoms. The second-order valence-corrected chi connectivity index (χ2v) is 6.25. The molecule has 0 saturated carbocycles. The van der Waals surface area contributed by atoms with Gasteiger partial charge in [-0.25, -0.2) is 4.98 Å². The number of alkyl halides is 3. The normalized spacial score (nSPS) is 13.0. The first-order chi connectivity index (χ1) is 10.5. The molecule has 3 aromatic rings. The van der Waals surface area contributed by atoms with Crippen molar-refractivity contribution in [3.05, 3.63) is 72.4 Å². The Balaban J connectivity index is 2.00. The maximum absolute atomic E-state index is 14.0. The third-order valence-corrected chi connectivity index (χ3v) is 3.82. The maximum atomic E-state index is 14.0. The molecule has 0 aliphatic heterocycles. The largest absolute Gasteiger partial charge is 0.462 e. The molecule has 5 heteroatoms. The summed E-state index contributed by atoms with van der Waals surface area (Å²) >= 11 is 1.11. The number of aromatic nitrogens is 1. The molecule has 1 aromatic heterocycles. The number of halogens is 3. The summed E-state index contributed by atoms with van der Waals surface area (Å²) in [5.41, 5.74) is 0.420. The summed E-state index contributed by atoms with van der Waals surface area (Å²) in [5, 5.41) is 1.90. The van der Waals surface area contributed by atoms with E-state index in [-0.39, 0.29) is 5.88 Å². The highest BCUT2D eigenvalue weighted by molar-refractivity contribution is 14.1. The van der Waals surface area contributed by atoms with Gasteiger partial charge in [0.2, 0.25) is 5.88 Å². The van der Waals surface area contributed by atoms with Crippen molar-refractivity contribution in [2.75, 3.05) is 0 Å². The van der Waals surface area contributed by atoms with Crippen LogP contribution in [0, 0.1) is 0 Å². The fourth-order valence-electron chi connectivity index (χ4n) is 2.23. The van der Waals surface area contributed by atoms with Gasteiger partial charge in [-0.05, 0) is 22.9 Å². The summed E-state index contributed by atoms with van der Waals surface area (Å²) in [6, 6.07) is 17.8. The summed E-state index contributed by atoms with van der Waals surface area (Å²) in [4.78, 5) is 3.96. The molecule has 0 saturated heterocycles. The van der Waals surface area contributed by atoms with E-state index in [1.165, 1.54) is 6.20 Å². The molecule has 2 aromatic carbocycles. The number of hydrogen-bond donors (Lipinski definition) is 0. The van der Waals surface area contributed by atoms with Crippen LogP contribution in [0.2, 0.25) is 0 Å². The van der Waals surface area contributed by atoms with E-state index in [2.05, 4.69) is 4.98 Å². The highest BCUT2D eigenvalue weighted by Crippen LogP contribution is 2.40. The van der Waals surface area contributed by atoms with Crippen molar-refractivity contribution < 1.29 is 13.5 Å². The highest BCUT2D eigenvalue weighted by atomic mass is 127. The van der Waals surface area contributed by atoms with E-state index in [0.29, 0.717) is 5.56 Å². The molecule has 2 nitrogen and oxygen atoms in total. The van der Waals surface area contributed by atoms with Crippen LogP contribution in [0.1, 0.15) is 11.7 Å². The highest BCUT2D eigenvalue weighted by Gasteiger charge is 2.40. The van der Waals surface area contributed by atoms with Crippen LogP contribution in [-0.2, 0) is 0 Å². The van der Waals surface area contributed by atoms with Crippen LogP contribution in [0.4, 0.5) is 8.78 Å². The molecule has 0 N–H and O–H groups in total. The van der Waals surface area contributed by atoms with Gasteiger partial charge in [0.1, 0.15) is 0 Å². The summed E-state index contributed by atoms with van der Waals surface area (Å²) in [7, 11) is 0. The number of nitrogens with zero attached hydrogens (tertiary/aromatic N) is 1. The summed E-state index contributed by atoms with van der Waals surface area (Å²) in [5.74, 6) is 0.178. The monoisotopic (exact) mass is 411 g/mol. The van der Waals surface area contributed by atoms with Gasteiger partial charge in [-0.15, -0.1) is 0 Å². The minimum absolute atomic E-state index is 0.178. The molecular weight excluding hydrogens is 399 g/mol. The van der Waals surface area contributed by atoms with E-state index >= 15 is 0 Å². The summed E-state index contributed by atoms with van der Waals surface area (Å²) in [6.07, 6.45) is 0.116. The zero-order chi connectivity index (χ0) is 15.6. The van der Waals surface area contributed by atoms with Crippen LogP contribution in [0.25, 0.3) is 10.8 Å². The number of rotatable bonds is 4. The van der Waals surface area contributed by atoms with Gasteiger partial charge in [-0.3, -0.25) is 0 Å². The van der Waals surface area contributed by atoms with E-state index in [9.17, 15) is 8.78 Å². The molecular formula is C17H12F2INO. The number of ether oxygens (including phenoxy) is 1. The molecule has 22 heavy (non-hydrogen) atoms. The van der Waals surface area contributed by atoms with Crippen LogP contribution in [0.15, 0.2) is 66.9 Å². The Labute approximate surface area is 140 Å². The fourth-order valence-corrected chi connectivity index (χ4v) is 2.72. The number of fused-ring (bicyclic) bond motifs is 1. The molecule has 0 aliphatic rings. The second kappa shape index (κ2) is 6.16. The Bertz CT molecular complexity index is 774. The van der Waals surface area contributed by atoms with Crippen LogP contribution in [0.5, 0.6) is 5.88 Å². The van der Waals surface area contributed by atoms with Crippen molar-refractivity contribution in [3.63, 3.8) is 0 Å². The van der Waals surface area contributed by atoms with E-state index in [0.717, 1.165) is 33.4 Å². The second-order valence-electron chi connectivity index (χ2n) is 4.81. The van der Waals surface area contributed by atoms with E-state index in [4.69, 9.17) is 4.74 Å². The van der Waals surface area contributed by atoms with Crippen molar-refractivity contribution in [1.82, 2.24) is 4.98 Å². The molecule has 1 atom stereocenters. The van der Waals surface area contributed by atoms with Gasteiger partial charge in [0, 0.05) is 40.4 Å². The lowest BCUT2D eigenvalue weighted by atomic mass is 10.0. The first-order valence-electron chi connectivity index (χ1n) is 6.67. The van der Waals surface area contributed by atoms with Gasteiger partial charge < -0.3 is 4.74 Å². The van der Waals surface area contributed by atoms with Crippen LogP contribution in [0.3, 0.4) is 0 Å². The molecule has 0 radical (unpaired) electrons. The Kier molecular flexibility index (Phi) is 4.24. The topological polar surface area (TPSA) is 22.1 Å². The lowest BCUT2D eigenvalue weighted by Crippen LogP contribution is -2.24. The zero-order valence-electron chi connectivity index (χ0n) is 11.4. The van der Waals surface area contributed by atoms with Crippen molar-refractivity contribution >= 4 is 33.4 Å². The molecule has 0 unspecified atom stereocenters. The van der Waals surface area contributed by atoms with E-state index in [1.807, 2.05) is 30.3 Å². The van der Waals surface area contributed by atoms with Gasteiger partial charge in [0.15, 0.2) is 6.10 Å². The maximum Gasteiger partial charge on any atom is 0.336 e. The Morgan fingerprint density at radius 2 is 1.68 bits per heavy atom. The van der Waals surface area contributed by atoms with Crippen molar-refractivity contribution in [2.24, 2.45) is 0 Å². The molecule has 0 bridgehead atoms. The number of pyridine rings is 1. The SMILES string of the molecule is FC(F)(I)[C@H](Oc1ccccn1)c1ccc2ccccc2c1.